The number of nitrogen functional groups attached to an aromatic ring is 1. The second kappa shape index (κ2) is 7.00. The van der Waals surface area contributed by atoms with Gasteiger partial charge >= 0.3 is 0 Å². The average Bonchev–Trinajstić information content (AvgIpc) is 2.90. The fourth-order valence-corrected chi connectivity index (χ4v) is 3.14. The van der Waals surface area contributed by atoms with Crippen LogP contribution in [0.5, 0.6) is 5.75 Å². The first-order valence-electron chi connectivity index (χ1n) is 8.09. The number of piperidine rings is 1. The van der Waals surface area contributed by atoms with Crippen molar-refractivity contribution in [1.29, 1.82) is 0 Å². The van der Waals surface area contributed by atoms with Crippen LogP contribution in [0.3, 0.4) is 0 Å². The zero-order valence-electron chi connectivity index (χ0n) is 13.8. The number of aryl methyl sites for hydroxylation is 2. The Kier molecular flexibility index (Phi) is 4.81. The maximum absolute atomic E-state index is 5.99. The normalized spacial score (nSPS) is 19.0. The van der Waals surface area contributed by atoms with Gasteiger partial charge in [0.25, 0.3) is 6.01 Å². The van der Waals surface area contributed by atoms with Gasteiger partial charge in [0.15, 0.2) is 0 Å². The summed E-state index contributed by atoms with van der Waals surface area (Å²) in [5.74, 6) is 2.26. The second-order valence-corrected chi connectivity index (χ2v) is 6.30. The van der Waals surface area contributed by atoms with E-state index in [-0.39, 0.29) is 6.01 Å². The number of aromatic nitrogens is 2. The van der Waals surface area contributed by atoms with Gasteiger partial charge in [0.05, 0.1) is 19.3 Å². The van der Waals surface area contributed by atoms with Crippen molar-refractivity contribution in [2.24, 2.45) is 5.92 Å². The Morgan fingerprint density at radius 1 is 1.35 bits per heavy atom. The van der Waals surface area contributed by atoms with E-state index in [0.717, 1.165) is 49.1 Å². The minimum Gasteiger partial charge on any atom is -0.493 e. The van der Waals surface area contributed by atoms with Crippen LogP contribution in [-0.2, 0) is 6.54 Å². The van der Waals surface area contributed by atoms with Crippen LogP contribution in [0.4, 0.5) is 6.01 Å². The van der Waals surface area contributed by atoms with Gasteiger partial charge in [-0.05, 0) is 33.2 Å². The number of ether oxygens (including phenoxy) is 1. The Bertz CT molecular complexity index is 636. The predicted octanol–water partition coefficient (Wildman–Crippen LogP) is 2.56. The molecule has 1 aliphatic heterocycles. The fraction of sp³-hybridized carbons (Fsp3) is 0.529. The van der Waals surface area contributed by atoms with Gasteiger partial charge in [-0.25, -0.2) is 4.98 Å². The standard InChI is InChI=1S/C17H24N4O2/c1-12-6-15(7-13(2)20-12)22-11-14-4-3-5-21(9-14)10-16-8-19-17(18)23-16/h6-8,14H,3-5,9-11H2,1-2H3,(H2,18,19). The summed E-state index contributed by atoms with van der Waals surface area (Å²) < 4.78 is 11.4. The van der Waals surface area contributed by atoms with Crippen molar-refractivity contribution in [2.45, 2.75) is 33.2 Å². The van der Waals surface area contributed by atoms with Crippen LogP contribution in [0, 0.1) is 19.8 Å². The fourth-order valence-electron chi connectivity index (χ4n) is 3.14. The van der Waals surface area contributed by atoms with Gasteiger partial charge in [-0.3, -0.25) is 9.88 Å². The number of oxazole rings is 1. The van der Waals surface area contributed by atoms with Crippen molar-refractivity contribution in [3.63, 3.8) is 0 Å². The molecule has 23 heavy (non-hydrogen) atoms. The van der Waals surface area contributed by atoms with Gasteiger partial charge in [-0.15, -0.1) is 0 Å². The Hall–Kier alpha value is -2.08. The SMILES string of the molecule is Cc1cc(OCC2CCCN(Cc3cnc(N)o3)C2)cc(C)n1. The highest BCUT2D eigenvalue weighted by Crippen LogP contribution is 2.21. The lowest BCUT2D eigenvalue weighted by Crippen LogP contribution is -2.37. The molecule has 3 rings (SSSR count). The van der Waals surface area contributed by atoms with E-state index in [9.17, 15) is 0 Å². The van der Waals surface area contributed by atoms with Crippen LogP contribution in [-0.4, -0.2) is 34.6 Å². The molecular weight excluding hydrogens is 292 g/mol. The van der Waals surface area contributed by atoms with Crippen molar-refractivity contribution in [1.82, 2.24) is 14.9 Å². The molecule has 0 saturated carbocycles. The molecule has 1 saturated heterocycles. The van der Waals surface area contributed by atoms with E-state index < -0.39 is 0 Å². The maximum atomic E-state index is 5.99. The molecule has 1 fully saturated rings. The second-order valence-electron chi connectivity index (χ2n) is 6.30. The molecule has 6 nitrogen and oxygen atoms in total. The van der Waals surface area contributed by atoms with Crippen LogP contribution in [0.1, 0.15) is 30.0 Å². The monoisotopic (exact) mass is 316 g/mol. The number of hydrogen-bond donors (Lipinski definition) is 1. The average molecular weight is 316 g/mol. The van der Waals surface area contributed by atoms with Gasteiger partial charge < -0.3 is 14.9 Å². The number of rotatable bonds is 5. The molecule has 0 amide bonds. The number of hydrogen-bond acceptors (Lipinski definition) is 6. The zero-order chi connectivity index (χ0) is 16.2. The largest absolute Gasteiger partial charge is 0.493 e. The summed E-state index contributed by atoms with van der Waals surface area (Å²) >= 11 is 0. The van der Waals surface area contributed by atoms with E-state index in [4.69, 9.17) is 14.9 Å². The maximum Gasteiger partial charge on any atom is 0.292 e. The minimum absolute atomic E-state index is 0.236. The highest BCUT2D eigenvalue weighted by molar-refractivity contribution is 5.26. The number of nitrogens with zero attached hydrogens (tertiary/aromatic N) is 3. The van der Waals surface area contributed by atoms with Crippen molar-refractivity contribution in [3.8, 4) is 5.75 Å². The summed E-state index contributed by atoms with van der Waals surface area (Å²) in [6.07, 6.45) is 4.07. The van der Waals surface area contributed by atoms with Crippen LogP contribution in [0.15, 0.2) is 22.7 Å². The molecule has 124 valence electrons. The summed E-state index contributed by atoms with van der Waals surface area (Å²) in [5, 5.41) is 0. The number of anilines is 1. The summed E-state index contributed by atoms with van der Waals surface area (Å²) in [5.41, 5.74) is 7.51. The van der Waals surface area contributed by atoms with Crippen LogP contribution < -0.4 is 10.5 Å². The third-order valence-electron chi connectivity index (χ3n) is 4.09. The minimum atomic E-state index is 0.236. The molecule has 3 heterocycles. The summed E-state index contributed by atoms with van der Waals surface area (Å²) in [7, 11) is 0. The summed E-state index contributed by atoms with van der Waals surface area (Å²) in [6.45, 7) is 7.55. The molecule has 6 heteroatoms. The molecule has 2 N–H and O–H groups in total. The van der Waals surface area contributed by atoms with E-state index in [1.807, 2.05) is 26.0 Å². The van der Waals surface area contributed by atoms with Crippen LogP contribution in [0.2, 0.25) is 0 Å². The first kappa shape index (κ1) is 15.8. The molecule has 0 spiro atoms. The van der Waals surface area contributed by atoms with Crippen molar-refractivity contribution < 1.29 is 9.15 Å². The van der Waals surface area contributed by atoms with Gasteiger partial charge in [0.2, 0.25) is 0 Å². The molecule has 0 aromatic carbocycles. The molecule has 1 atom stereocenters. The number of likely N-dealkylation sites (tertiary alicyclic amines) is 1. The van der Waals surface area contributed by atoms with Crippen LogP contribution in [0.25, 0.3) is 0 Å². The molecule has 1 unspecified atom stereocenters. The van der Waals surface area contributed by atoms with Gasteiger partial charge in [0.1, 0.15) is 11.5 Å². The lowest BCUT2D eigenvalue weighted by molar-refractivity contribution is 0.119. The van der Waals surface area contributed by atoms with Gasteiger partial charge in [-0.2, -0.15) is 0 Å². The highest BCUT2D eigenvalue weighted by atomic mass is 16.5. The first-order chi connectivity index (χ1) is 11.1. The third kappa shape index (κ3) is 4.45. The number of pyridine rings is 1. The van der Waals surface area contributed by atoms with Crippen molar-refractivity contribution >= 4 is 6.01 Å². The topological polar surface area (TPSA) is 77.4 Å². The number of nitrogens with two attached hydrogens (primary N) is 1. The molecule has 0 aliphatic carbocycles. The molecule has 2 aromatic rings. The molecule has 1 aliphatic rings. The smallest absolute Gasteiger partial charge is 0.292 e. The lowest BCUT2D eigenvalue weighted by Gasteiger charge is -2.31. The Morgan fingerprint density at radius 3 is 2.83 bits per heavy atom. The molecule has 2 aromatic heterocycles. The quantitative estimate of drug-likeness (QED) is 0.913. The van der Waals surface area contributed by atoms with E-state index in [1.165, 1.54) is 12.8 Å². The van der Waals surface area contributed by atoms with Gasteiger partial charge in [-0.1, -0.05) is 0 Å². The first-order valence-corrected chi connectivity index (χ1v) is 8.09. The highest BCUT2D eigenvalue weighted by Gasteiger charge is 2.21. The zero-order valence-corrected chi connectivity index (χ0v) is 13.8. The van der Waals surface area contributed by atoms with Crippen LogP contribution >= 0.6 is 0 Å². The van der Waals surface area contributed by atoms with E-state index >= 15 is 0 Å². The Balaban J connectivity index is 1.52. The third-order valence-corrected chi connectivity index (χ3v) is 4.09. The predicted molar refractivity (Wildman–Crippen MR) is 88.1 cm³/mol. The van der Waals surface area contributed by atoms with E-state index in [2.05, 4.69) is 14.9 Å². The van der Waals surface area contributed by atoms with E-state index in [0.29, 0.717) is 5.92 Å². The molecule has 0 radical (unpaired) electrons. The van der Waals surface area contributed by atoms with Crippen molar-refractivity contribution in [3.05, 3.63) is 35.5 Å². The summed E-state index contributed by atoms with van der Waals surface area (Å²) in [6, 6.07) is 4.22. The molecule has 0 bridgehead atoms. The Labute approximate surface area is 136 Å². The molecular formula is C17H24N4O2. The van der Waals surface area contributed by atoms with Crippen molar-refractivity contribution in [2.75, 3.05) is 25.4 Å². The Morgan fingerprint density at radius 2 is 2.13 bits per heavy atom. The van der Waals surface area contributed by atoms with E-state index in [1.54, 1.807) is 6.20 Å². The van der Waals surface area contributed by atoms with Gasteiger partial charge in [0, 0.05) is 36.0 Å². The summed E-state index contributed by atoms with van der Waals surface area (Å²) in [4.78, 5) is 10.7. The lowest BCUT2D eigenvalue weighted by atomic mass is 9.99.